The molecule has 0 fully saturated rings. The quantitative estimate of drug-likeness (QED) is 0.0288. The Morgan fingerprint density at radius 2 is 0.739 bits per heavy atom. The van der Waals surface area contributed by atoms with Crippen LogP contribution in [0.15, 0.2) is 30.3 Å². The van der Waals surface area contributed by atoms with Gasteiger partial charge in [-0.2, -0.15) is 0 Å². The normalized spacial score (nSPS) is 14.5. The van der Waals surface area contributed by atoms with Crippen molar-refractivity contribution in [1.82, 2.24) is 90.4 Å². The molecule has 1 aromatic rings. The van der Waals surface area contributed by atoms with Crippen molar-refractivity contribution in [2.45, 2.75) is 212 Å². The lowest BCUT2D eigenvalue weighted by molar-refractivity contribution is -0.140. The molecular formula is C72H114N20O27. The Morgan fingerprint density at radius 3 is 1.20 bits per heavy atom. The molecular weight excluding hydrogens is 1580 g/mol. The van der Waals surface area contributed by atoms with Crippen molar-refractivity contribution in [3.63, 3.8) is 0 Å². The third-order valence-electron chi connectivity index (χ3n) is 17.4. The number of carboxylic acids is 3. The largest absolute Gasteiger partial charge is 0.481 e. The highest BCUT2D eigenvalue weighted by atomic mass is 16.4. The van der Waals surface area contributed by atoms with E-state index in [0.717, 1.165) is 6.92 Å². The standard InChI is InChI=1S/C72H114N20O27/c1-11-36(8)59(69(116)80-28-50(98)77-27-49(97)76-26-48(75)96)91-67(114)44(23-33(2)3)84-52(100)30-81-70(117)60(38(10)94)92-68(115)46(32-93)88-71(118)58(35(6)7)90-72(119)57(34(4)5)89-53(101)31-78-61(108)37(9)82-66(113)45(24-39-15-13-12-14-16-39)87-65(112)43(19-22-55(104)105)86-64(111)42(18-21-54(102)103)85-63(110)41(17-20-47(74)95)83-51(99)29-79-62(109)40(73)25-56(106)107/h12-16,33-38,40-46,57-60,93-94H,11,17-32,73H2,1-10H3,(H2,74,95)(H2,75,96)(H,76,97)(H,77,98)(H,78,108)(H,79,109)(H,80,116)(H,81,117)(H,82,113)(H,83,99)(H,84,100)(H,85,110)(H,86,111)(H,87,112)(H,88,118)(H,89,101)(H,90,119)(H,91,114)(H,92,115)(H,102,103)(H,104,105)(H,106,107)/t36-,37-,38+,40-,41-,42-,43-,44-,45-,46-,57-,58-,59-,60-/m0/s1. The van der Waals surface area contributed by atoms with Gasteiger partial charge in [-0.15, -0.1) is 0 Å². The van der Waals surface area contributed by atoms with E-state index in [9.17, 15) is 126 Å². The van der Waals surface area contributed by atoms with Crippen molar-refractivity contribution in [3.05, 3.63) is 35.9 Å². The average molecular weight is 1690 g/mol. The summed E-state index contributed by atoms with van der Waals surface area (Å²) in [5.74, 6) is -26.0. The fraction of sp³-hybridized carbons (Fsp3) is 0.611. The van der Waals surface area contributed by atoms with Gasteiger partial charge >= 0.3 is 17.9 Å². The van der Waals surface area contributed by atoms with Gasteiger partial charge in [0.05, 0.1) is 64.4 Å². The smallest absolute Gasteiger partial charge is 0.305 e. The van der Waals surface area contributed by atoms with Gasteiger partial charge in [0.15, 0.2) is 0 Å². The van der Waals surface area contributed by atoms with Gasteiger partial charge in [-0.1, -0.05) is 92.1 Å². The number of benzene rings is 1. The summed E-state index contributed by atoms with van der Waals surface area (Å²) in [6.07, 6.45) is -6.65. The van der Waals surface area contributed by atoms with Crippen molar-refractivity contribution < 1.29 is 131 Å². The fourth-order valence-electron chi connectivity index (χ4n) is 10.6. The predicted molar refractivity (Wildman–Crippen MR) is 414 cm³/mol. The van der Waals surface area contributed by atoms with Crippen LogP contribution >= 0.6 is 0 Å². The molecule has 1 aromatic carbocycles. The van der Waals surface area contributed by atoms with Gasteiger partial charge in [-0.05, 0) is 68.8 Å². The van der Waals surface area contributed by atoms with E-state index in [-0.39, 0.29) is 18.8 Å². The molecule has 0 saturated carbocycles. The summed E-state index contributed by atoms with van der Waals surface area (Å²) < 4.78 is 0. The lowest BCUT2D eigenvalue weighted by Gasteiger charge is -2.29. The first-order chi connectivity index (χ1) is 55.6. The molecule has 47 heteroatoms. The first-order valence-corrected chi connectivity index (χ1v) is 37.9. The Kier molecular flexibility index (Phi) is 47.1. The lowest BCUT2D eigenvalue weighted by Crippen LogP contribution is -2.62. The molecule has 0 aromatic heterocycles. The second kappa shape index (κ2) is 53.6. The highest BCUT2D eigenvalue weighted by Gasteiger charge is 2.38. The number of hydrogen-bond donors (Lipinski definition) is 25. The minimum Gasteiger partial charge on any atom is -0.481 e. The number of primary amides is 2. The Bertz CT molecular complexity index is 3750. The molecule has 0 aliphatic heterocycles. The third-order valence-corrected chi connectivity index (χ3v) is 17.4. The number of aliphatic carboxylic acids is 3. The van der Waals surface area contributed by atoms with Crippen LogP contribution in [0.3, 0.4) is 0 Å². The van der Waals surface area contributed by atoms with Crippen molar-refractivity contribution >= 4 is 130 Å². The van der Waals surface area contributed by atoms with E-state index in [2.05, 4.69) is 90.4 Å². The van der Waals surface area contributed by atoms with Gasteiger partial charge < -0.3 is 133 Å². The summed E-state index contributed by atoms with van der Waals surface area (Å²) in [6, 6.07) is -11.7. The zero-order valence-corrected chi connectivity index (χ0v) is 67.7. The minimum atomic E-state index is -1.89. The highest BCUT2D eigenvalue weighted by Crippen LogP contribution is 2.14. The maximum Gasteiger partial charge on any atom is 0.305 e. The fourth-order valence-corrected chi connectivity index (χ4v) is 10.6. The van der Waals surface area contributed by atoms with Crippen LogP contribution < -0.4 is 108 Å². The van der Waals surface area contributed by atoms with Crippen LogP contribution in [0.5, 0.6) is 0 Å². The van der Waals surface area contributed by atoms with E-state index in [1.165, 1.54) is 34.6 Å². The zero-order valence-electron chi connectivity index (χ0n) is 67.7. The molecule has 0 heterocycles. The molecule has 0 spiro atoms. The maximum absolute atomic E-state index is 14.2. The summed E-state index contributed by atoms with van der Waals surface area (Å²) in [5.41, 5.74) is 16.2. The van der Waals surface area contributed by atoms with Crippen LogP contribution in [-0.4, -0.2) is 280 Å². The molecule has 0 aliphatic rings. The van der Waals surface area contributed by atoms with Crippen LogP contribution in [0.2, 0.25) is 0 Å². The summed E-state index contributed by atoms with van der Waals surface area (Å²) >= 11 is 0. The minimum absolute atomic E-state index is 0.0105. The molecule has 0 aliphatic carbocycles. The van der Waals surface area contributed by atoms with E-state index >= 15 is 0 Å². The van der Waals surface area contributed by atoms with Gasteiger partial charge in [-0.3, -0.25) is 105 Å². The number of nitrogens with two attached hydrogens (primary N) is 3. The van der Waals surface area contributed by atoms with Gasteiger partial charge in [-0.25, -0.2) is 0 Å². The summed E-state index contributed by atoms with van der Waals surface area (Å²) in [4.78, 5) is 285. The summed E-state index contributed by atoms with van der Waals surface area (Å²) in [6.45, 7) is 9.69. The molecule has 47 nitrogen and oxygen atoms in total. The summed E-state index contributed by atoms with van der Waals surface area (Å²) in [5, 5.41) is 88.3. The second-order valence-corrected chi connectivity index (χ2v) is 28.8. The number of rotatable bonds is 56. The van der Waals surface area contributed by atoms with Crippen molar-refractivity contribution in [1.29, 1.82) is 0 Å². The first kappa shape index (κ1) is 104. The van der Waals surface area contributed by atoms with Crippen molar-refractivity contribution in [2.24, 2.45) is 40.9 Å². The van der Waals surface area contributed by atoms with Gasteiger partial charge in [0.25, 0.3) is 0 Å². The number of carbonyl (C=O) groups is 22. The number of aliphatic hydroxyl groups is 2. The molecule has 119 heavy (non-hydrogen) atoms. The van der Waals surface area contributed by atoms with Crippen LogP contribution in [0, 0.1) is 23.7 Å². The molecule has 14 atom stereocenters. The second-order valence-electron chi connectivity index (χ2n) is 28.8. The van der Waals surface area contributed by atoms with E-state index < -0.39 is 317 Å². The van der Waals surface area contributed by atoms with Crippen LogP contribution in [0.1, 0.15) is 133 Å². The van der Waals surface area contributed by atoms with Crippen LogP contribution in [0.25, 0.3) is 0 Å². The highest BCUT2D eigenvalue weighted by molar-refractivity contribution is 6.01. The van der Waals surface area contributed by atoms with E-state index in [0.29, 0.717) is 12.0 Å². The van der Waals surface area contributed by atoms with E-state index in [1.807, 2.05) is 0 Å². The monoisotopic (exact) mass is 1690 g/mol. The Balaban J connectivity index is 3.26. The SMILES string of the molecule is CC[C@H](C)[C@H](NC(=O)[C@H](CC(C)C)NC(=O)CNC(=O)[C@@H](NC(=O)[C@H](CO)NC(=O)[C@@H](NC(=O)[C@@H](NC(=O)CNC(=O)[C@H](C)NC(=O)[C@H](Cc1ccccc1)NC(=O)[C@H](CCC(=O)O)NC(=O)[C@H](CCC(=O)O)NC(=O)[C@H](CCC(N)=O)NC(=O)CNC(=O)[C@@H](N)CC(=O)O)C(C)C)C(C)C)[C@@H](C)O)C(=O)NCC(=O)NCC(=O)NCC(N)=O. The molecule has 0 saturated heterocycles. The molecule has 19 amide bonds. The predicted octanol–water partition coefficient (Wildman–Crippen LogP) is -10.7. The third kappa shape index (κ3) is 41.7. The van der Waals surface area contributed by atoms with Crippen LogP contribution in [0.4, 0.5) is 0 Å². The van der Waals surface area contributed by atoms with Crippen LogP contribution in [-0.2, 0) is 112 Å². The van der Waals surface area contributed by atoms with Gasteiger partial charge in [0.1, 0.15) is 66.5 Å². The molecule has 1 rings (SSSR count). The first-order valence-electron chi connectivity index (χ1n) is 37.9. The number of aliphatic hydroxyl groups excluding tert-OH is 2. The Hall–Kier alpha value is -12.6. The van der Waals surface area contributed by atoms with Crippen molar-refractivity contribution in [2.75, 3.05) is 45.9 Å². The van der Waals surface area contributed by atoms with Gasteiger partial charge in [0.2, 0.25) is 112 Å². The number of amides is 19. The number of nitrogens with one attached hydrogen (secondary N) is 17. The molecule has 0 radical (unpaired) electrons. The lowest BCUT2D eigenvalue weighted by atomic mass is 9.96. The Morgan fingerprint density at radius 1 is 0.361 bits per heavy atom. The molecule has 0 bridgehead atoms. The average Bonchev–Trinajstić information content (AvgIpc) is 0.857. The molecule has 664 valence electrons. The number of hydrogen-bond acceptors (Lipinski definition) is 25. The number of carbonyl (C=O) groups excluding carboxylic acids is 19. The van der Waals surface area contributed by atoms with E-state index in [1.54, 1.807) is 58.0 Å². The molecule has 0 unspecified atom stereocenters. The summed E-state index contributed by atoms with van der Waals surface area (Å²) in [7, 11) is 0. The van der Waals surface area contributed by atoms with Gasteiger partial charge in [0, 0.05) is 25.7 Å². The van der Waals surface area contributed by atoms with Crippen molar-refractivity contribution in [3.8, 4) is 0 Å². The molecule has 28 N–H and O–H groups in total. The topological polar surface area (TPSA) is 759 Å². The maximum atomic E-state index is 14.2. The Labute approximate surface area is 683 Å². The zero-order chi connectivity index (χ0) is 90.7. The number of carboxylic acid groups (broad SMARTS) is 3. The van der Waals surface area contributed by atoms with E-state index in [4.69, 9.17) is 22.3 Å².